The molecule has 7 heteroatoms. The van der Waals surface area contributed by atoms with Crippen LogP contribution in [0.15, 0.2) is 48.5 Å². The summed E-state index contributed by atoms with van der Waals surface area (Å²) in [6, 6.07) is 13.8. The minimum absolute atomic E-state index is 0.00846. The number of rotatable bonds is 5. The SMILES string of the molecule is CC(=O)Nc1ccc(F)c(NC(=O)c2c(C)nn(Cc3ccccc3)c2C)c1. The highest BCUT2D eigenvalue weighted by Gasteiger charge is 2.20. The predicted octanol–water partition coefficient (Wildman–Crippen LogP) is 3.90. The zero-order chi connectivity index (χ0) is 20.3. The van der Waals surface area contributed by atoms with Crippen LogP contribution in [-0.4, -0.2) is 21.6 Å². The molecule has 1 heterocycles. The van der Waals surface area contributed by atoms with Gasteiger partial charge in [-0.1, -0.05) is 30.3 Å². The van der Waals surface area contributed by atoms with Crippen molar-refractivity contribution in [1.82, 2.24) is 9.78 Å². The monoisotopic (exact) mass is 380 g/mol. The molecule has 0 saturated carbocycles. The number of hydrogen-bond donors (Lipinski definition) is 2. The van der Waals surface area contributed by atoms with E-state index in [2.05, 4.69) is 15.7 Å². The molecule has 0 spiro atoms. The van der Waals surface area contributed by atoms with Gasteiger partial charge in [0.15, 0.2) is 0 Å². The van der Waals surface area contributed by atoms with Crippen molar-refractivity contribution in [2.45, 2.75) is 27.3 Å². The highest BCUT2D eigenvalue weighted by Crippen LogP contribution is 2.22. The zero-order valence-corrected chi connectivity index (χ0v) is 15.9. The molecule has 6 nitrogen and oxygen atoms in total. The second-order valence-corrected chi connectivity index (χ2v) is 6.52. The first kappa shape index (κ1) is 19.3. The number of aromatic nitrogens is 2. The Hall–Kier alpha value is -3.48. The van der Waals surface area contributed by atoms with Crippen LogP contribution in [0.4, 0.5) is 15.8 Å². The van der Waals surface area contributed by atoms with Crippen LogP contribution in [0.5, 0.6) is 0 Å². The van der Waals surface area contributed by atoms with Crippen molar-refractivity contribution < 1.29 is 14.0 Å². The van der Waals surface area contributed by atoms with Crippen LogP contribution >= 0.6 is 0 Å². The summed E-state index contributed by atoms with van der Waals surface area (Å²) in [6.45, 7) is 5.44. The van der Waals surface area contributed by atoms with Crippen molar-refractivity contribution in [3.63, 3.8) is 0 Å². The van der Waals surface area contributed by atoms with Gasteiger partial charge in [0.05, 0.1) is 23.5 Å². The number of nitrogens with zero attached hydrogens (tertiary/aromatic N) is 2. The highest BCUT2D eigenvalue weighted by molar-refractivity contribution is 6.06. The van der Waals surface area contributed by atoms with Crippen LogP contribution < -0.4 is 10.6 Å². The number of hydrogen-bond acceptors (Lipinski definition) is 3. The number of aryl methyl sites for hydroxylation is 1. The molecule has 3 aromatic rings. The van der Waals surface area contributed by atoms with Gasteiger partial charge >= 0.3 is 0 Å². The first-order chi connectivity index (χ1) is 13.3. The Bertz CT molecular complexity index is 1030. The third-order valence-electron chi connectivity index (χ3n) is 4.32. The van der Waals surface area contributed by atoms with Crippen LogP contribution in [0.2, 0.25) is 0 Å². The van der Waals surface area contributed by atoms with E-state index in [0.717, 1.165) is 5.56 Å². The first-order valence-electron chi connectivity index (χ1n) is 8.81. The number of amides is 2. The maximum atomic E-state index is 14.1. The number of carbonyl (C=O) groups excluding carboxylic acids is 2. The molecule has 0 aliphatic rings. The fourth-order valence-electron chi connectivity index (χ4n) is 3.02. The lowest BCUT2D eigenvalue weighted by atomic mass is 10.1. The smallest absolute Gasteiger partial charge is 0.259 e. The van der Waals surface area contributed by atoms with Crippen molar-refractivity contribution in [2.75, 3.05) is 10.6 Å². The summed E-state index contributed by atoms with van der Waals surface area (Å²) in [5.74, 6) is -1.32. The van der Waals surface area contributed by atoms with Gasteiger partial charge in [0.1, 0.15) is 5.82 Å². The number of halogens is 1. The van der Waals surface area contributed by atoms with Crippen molar-refractivity contribution in [2.24, 2.45) is 0 Å². The molecule has 28 heavy (non-hydrogen) atoms. The van der Waals surface area contributed by atoms with E-state index >= 15 is 0 Å². The molecule has 144 valence electrons. The fourth-order valence-corrected chi connectivity index (χ4v) is 3.02. The largest absolute Gasteiger partial charge is 0.326 e. The molecular weight excluding hydrogens is 359 g/mol. The summed E-state index contributed by atoms with van der Waals surface area (Å²) >= 11 is 0. The standard InChI is InChI=1S/C21H21FN4O2/c1-13-20(14(2)26(25-13)12-16-7-5-4-6-8-16)21(28)24-19-11-17(23-15(3)27)9-10-18(19)22/h4-11H,12H2,1-3H3,(H,23,27)(H,24,28). The molecule has 2 amide bonds. The molecular formula is C21H21FN4O2. The predicted molar refractivity (Wildman–Crippen MR) is 106 cm³/mol. The van der Waals surface area contributed by atoms with Gasteiger partial charge in [0, 0.05) is 18.3 Å². The van der Waals surface area contributed by atoms with Crippen molar-refractivity contribution in [1.29, 1.82) is 0 Å². The summed E-state index contributed by atoms with van der Waals surface area (Å²) in [5.41, 5.74) is 3.11. The Labute approximate surface area is 162 Å². The van der Waals surface area contributed by atoms with Gasteiger partial charge in [-0.05, 0) is 37.6 Å². The normalized spacial score (nSPS) is 10.6. The summed E-state index contributed by atoms with van der Waals surface area (Å²) in [7, 11) is 0. The van der Waals surface area contributed by atoms with Crippen LogP contribution in [0.3, 0.4) is 0 Å². The van der Waals surface area contributed by atoms with E-state index in [-0.39, 0.29) is 11.6 Å². The van der Waals surface area contributed by atoms with Crippen LogP contribution in [0.1, 0.15) is 34.2 Å². The number of benzene rings is 2. The van der Waals surface area contributed by atoms with Crippen molar-refractivity contribution >= 4 is 23.2 Å². The molecule has 3 rings (SSSR count). The minimum atomic E-state index is -0.588. The number of nitrogens with one attached hydrogen (secondary N) is 2. The van der Waals surface area contributed by atoms with Gasteiger partial charge in [-0.2, -0.15) is 5.10 Å². The number of anilines is 2. The molecule has 0 unspecified atom stereocenters. The van der Waals surface area contributed by atoms with Gasteiger partial charge in [-0.15, -0.1) is 0 Å². The molecule has 1 aromatic heterocycles. The van der Waals surface area contributed by atoms with Crippen LogP contribution in [0, 0.1) is 19.7 Å². The summed E-state index contributed by atoms with van der Waals surface area (Å²) in [5, 5.41) is 9.60. The van der Waals surface area contributed by atoms with Crippen molar-refractivity contribution in [3.05, 3.63) is 76.9 Å². The zero-order valence-electron chi connectivity index (χ0n) is 15.9. The maximum Gasteiger partial charge on any atom is 0.259 e. The van der Waals surface area contributed by atoms with Gasteiger partial charge in [0.25, 0.3) is 5.91 Å². The number of carbonyl (C=O) groups is 2. The lowest BCUT2D eigenvalue weighted by Crippen LogP contribution is -2.16. The van der Waals surface area contributed by atoms with Crippen molar-refractivity contribution in [3.8, 4) is 0 Å². The molecule has 2 N–H and O–H groups in total. The van der Waals surface area contributed by atoms with E-state index in [0.29, 0.717) is 29.2 Å². The highest BCUT2D eigenvalue weighted by atomic mass is 19.1. The maximum absolute atomic E-state index is 14.1. The fraction of sp³-hybridized carbons (Fsp3) is 0.190. The Morgan fingerprint density at radius 2 is 1.79 bits per heavy atom. The van der Waals surface area contributed by atoms with E-state index in [9.17, 15) is 14.0 Å². The lowest BCUT2D eigenvalue weighted by Gasteiger charge is -2.10. The Morgan fingerprint density at radius 3 is 2.46 bits per heavy atom. The molecule has 0 bridgehead atoms. The van der Waals surface area contributed by atoms with Gasteiger partial charge in [-0.25, -0.2) is 4.39 Å². The molecule has 0 aliphatic heterocycles. The van der Waals surface area contributed by atoms with E-state index in [1.54, 1.807) is 11.6 Å². The van der Waals surface area contributed by atoms with E-state index in [1.807, 2.05) is 37.3 Å². The second kappa shape index (κ2) is 8.04. The minimum Gasteiger partial charge on any atom is -0.326 e. The van der Waals surface area contributed by atoms with E-state index < -0.39 is 11.7 Å². The Morgan fingerprint density at radius 1 is 1.07 bits per heavy atom. The van der Waals surface area contributed by atoms with Crippen LogP contribution in [0.25, 0.3) is 0 Å². The molecule has 0 saturated heterocycles. The molecule has 0 atom stereocenters. The molecule has 0 fully saturated rings. The third kappa shape index (κ3) is 4.25. The molecule has 0 aliphatic carbocycles. The molecule has 0 radical (unpaired) electrons. The third-order valence-corrected chi connectivity index (χ3v) is 4.32. The molecule has 2 aromatic carbocycles. The summed E-state index contributed by atoms with van der Waals surface area (Å²) < 4.78 is 15.9. The summed E-state index contributed by atoms with van der Waals surface area (Å²) in [4.78, 5) is 24.0. The Balaban J connectivity index is 1.84. The van der Waals surface area contributed by atoms with E-state index in [4.69, 9.17) is 0 Å². The first-order valence-corrected chi connectivity index (χ1v) is 8.81. The van der Waals surface area contributed by atoms with Crippen LogP contribution in [-0.2, 0) is 11.3 Å². The van der Waals surface area contributed by atoms with Gasteiger partial charge in [0.2, 0.25) is 5.91 Å². The average molecular weight is 380 g/mol. The topological polar surface area (TPSA) is 76.0 Å². The van der Waals surface area contributed by atoms with Gasteiger partial charge < -0.3 is 10.6 Å². The summed E-state index contributed by atoms with van der Waals surface area (Å²) in [6.07, 6.45) is 0. The average Bonchev–Trinajstić information content (AvgIpc) is 2.92. The lowest BCUT2D eigenvalue weighted by molar-refractivity contribution is -0.114. The second-order valence-electron chi connectivity index (χ2n) is 6.52. The van der Waals surface area contributed by atoms with Gasteiger partial charge in [-0.3, -0.25) is 14.3 Å². The Kier molecular flexibility index (Phi) is 5.54. The quantitative estimate of drug-likeness (QED) is 0.705. The van der Waals surface area contributed by atoms with E-state index in [1.165, 1.54) is 25.1 Å².